The van der Waals surface area contributed by atoms with Gasteiger partial charge in [0.1, 0.15) is 11.5 Å². The van der Waals surface area contributed by atoms with Gasteiger partial charge in [-0.25, -0.2) is 9.59 Å². The number of ketones is 2. The second kappa shape index (κ2) is 14.1. The van der Waals surface area contributed by atoms with Crippen LogP contribution >= 0.6 is 0 Å². The van der Waals surface area contributed by atoms with E-state index in [9.17, 15) is 19.2 Å². The molecule has 8 nitrogen and oxygen atoms in total. The number of unbranched alkanes of at least 4 members (excludes halogenated alkanes) is 1. The van der Waals surface area contributed by atoms with Crippen molar-refractivity contribution in [1.82, 2.24) is 0 Å². The maximum absolute atomic E-state index is 12.4. The smallest absolute Gasteiger partial charge is 0.434 e. The topological polar surface area (TPSA) is 105 Å². The zero-order valence-electron chi connectivity index (χ0n) is 21.5. The Morgan fingerprint density at radius 3 is 1.10 bits per heavy atom. The van der Waals surface area contributed by atoms with Crippen molar-refractivity contribution in [1.29, 1.82) is 0 Å². The van der Waals surface area contributed by atoms with E-state index in [1.807, 2.05) is 12.1 Å². The van der Waals surface area contributed by atoms with Crippen molar-refractivity contribution in [3.63, 3.8) is 0 Å². The molecule has 0 bridgehead atoms. The summed E-state index contributed by atoms with van der Waals surface area (Å²) in [6, 6.07) is 30.1. The van der Waals surface area contributed by atoms with Gasteiger partial charge in [0.25, 0.3) is 0 Å². The third-order valence-corrected chi connectivity index (χ3v) is 5.69. The first kappa shape index (κ1) is 27.8. The van der Waals surface area contributed by atoms with Crippen molar-refractivity contribution in [2.24, 2.45) is 0 Å². The Bertz CT molecular complexity index is 1320. The van der Waals surface area contributed by atoms with Gasteiger partial charge in [-0.2, -0.15) is 0 Å². The summed E-state index contributed by atoms with van der Waals surface area (Å²) in [6.45, 7) is 0.136. The molecule has 0 aromatic heterocycles. The average Bonchev–Trinajstić information content (AvgIpc) is 3.00. The molecule has 0 atom stereocenters. The van der Waals surface area contributed by atoms with Crippen LogP contribution in [0.4, 0.5) is 9.59 Å². The van der Waals surface area contributed by atoms with E-state index in [-0.39, 0.29) is 36.3 Å². The van der Waals surface area contributed by atoms with Gasteiger partial charge in [0.15, 0.2) is 11.6 Å². The van der Waals surface area contributed by atoms with Gasteiger partial charge in [0, 0.05) is 22.3 Å². The van der Waals surface area contributed by atoms with Crippen LogP contribution in [0, 0.1) is 0 Å². The highest BCUT2D eigenvalue weighted by Crippen LogP contribution is 2.17. The van der Waals surface area contributed by atoms with E-state index in [1.54, 1.807) is 72.8 Å². The molecule has 0 aliphatic rings. The maximum Gasteiger partial charge on any atom is 0.513 e. The molecule has 0 saturated carbocycles. The molecule has 4 aromatic carbocycles. The molecule has 0 aliphatic heterocycles. The molecule has 8 heteroatoms. The van der Waals surface area contributed by atoms with Gasteiger partial charge in [0.2, 0.25) is 0 Å². The zero-order valence-corrected chi connectivity index (χ0v) is 21.5. The molecule has 0 amide bonds. The largest absolute Gasteiger partial charge is 0.513 e. The standard InChI is InChI=1S/C32H26O8/c33-29(23-9-3-1-4-10-23)25-13-17-27(18-14-25)39-31(35)37-21-7-8-22-38-32(36)40-28-19-15-26(16-20-28)30(34)24-11-5-2-6-12-24/h1-6,9-20H,7-8,21-22H2. The van der Waals surface area contributed by atoms with Crippen LogP contribution < -0.4 is 9.47 Å². The summed E-state index contributed by atoms with van der Waals surface area (Å²) < 4.78 is 20.3. The molecule has 0 aliphatic carbocycles. The number of rotatable bonds is 11. The lowest BCUT2D eigenvalue weighted by Crippen LogP contribution is -2.14. The monoisotopic (exact) mass is 538 g/mol. The lowest BCUT2D eigenvalue weighted by atomic mass is 10.0. The first-order valence-corrected chi connectivity index (χ1v) is 12.6. The quantitative estimate of drug-likeness (QED) is 0.0903. The minimum atomic E-state index is -0.878. The molecular weight excluding hydrogens is 512 g/mol. The summed E-state index contributed by atoms with van der Waals surface area (Å²) in [5.41, 5.74) is 2.08. The number of carbonyl (C=O) groups excluding carboxylic acids is 4. The SMILES string of the molecule is O=C(OCCCCOC(=O)Oc1ccc(C(=O)c2ccccc2)cc1)Oc1ccc(C(=O)c2ccccc2)cc1. The van der Waals surface area contributed by atoms with Crippen molar-refractivity contribution in [3.05, 3.63) is 131 Å². The highest BCUT2D eigenvalue weighted by molar-refractivity contribution is 6.09. The molecule has 4 rings (SSSR count). The van der Waals surface area contributed by atoms with Crippen LogP contribution in [0.15, 0.2) is 109 Å². The maximum atomic E-state index is 12.4. The van der Waals surface area contributed by atoms with E-state index in [2.05, 4.69) is 0 Å². The number of carbonyl (C=O) groups is 4. The van der Waals surface area contributed by atoms with E-state index in [0.717, 1.165) is 0 Å². The Hall–Kier alpha value is -5.24. The van der Waals surface area contributed by atoms with Crippen molar-refractivity contribution in [2.45, 2.75) is 12.8 Å². The summed E-state index contributed by atoms with van der Waals surface area (Å²) in [5, 5.41) is 0. The molecule has 4 aromatic rings. The van der Waals surface area contributed by atoms with Crippen LogP contribution in [0.1, 0.15) is 44.7 Å². The Morgan fingerprint density at radius 1 is 0.425 bits per heavy atom. The summed E-state index contributed by atoms with van der Waals surface area (Å²) >= 11 is 0. The minimum absolute atomic E-state index is 0.0682. The molecule has 0 radical (unpaired) electrons. The lowest BCUT2D eigenvalue weighted by Gasteiger charge is -2.08. The Labute approximate surface area is 231 Å². The fourth-order valence-corrected chi connectivity index (χ4v) is 3.63. The van der Waals surface area contributed by atoms with Gasteiger partial charge >= 0.3 is 12.3 Å². The zero-order chi connectivity index (χ0) is 28.2. The molecular formula is C32H26O8. The highest BCUT2D eigenvalue weighted by atomic mass is 16.7. The van der Waals surface area contributed by atoms with Crippen LogP contribution in [0.25, 0.3) is 0 Å². The fourth-order valence-electron chi connectivity index (χ4n) is 3.63. The normalized spacial score (nSPS) is 10.3. The number of hydrogen-bond donors (Lipinski definition) is 0. The summed E-state index contributed by atoms with van der Waals surface area (Å²) in [7, 11) is 0. The third-order valence-electron chi connectivity index (χ3n) is 5.69. The van der Waals surface area contributed by atoms with Gasteiger partial charge in [-0.15, -0.1) is 0 Å². The first-order chi connectivity index (χ1) is 19.5. The first-order valence-electron chi connectivity index (χ1n) is 12.6. The number of benzene rings is 4. The molecule has 202 valence electrons. The van der Waals surface area contributed by atoms with Crippen molar-refractivity contribution in [3.8, 4) is 11.5 Å². The second-order valence-corrected chi connectivity index (χ2v) is 8.55. The van der Waals surface area contributed by atoms with E-state index in [4.69, 9.17) is 18.9 Å². The van der Waals surface area contributed by atoms with Crippen molar-refractivity contribution >= 4 is 23.9 Å². The van der Waals surface area contributed by atoms with Gasteiger partial charge in [-0.05, 0) is 61.4 Å². The van der Waals surface area contributed by atoms with Crippen molar-refractivity contribution < 1.29 is 38.1 Å². The third kappa shape index (κ3) is 8.13. The predicted octanol–water partition coefficient (Wildman–Crippen LogP) is 6.66. The molecule has 0 N–H and O–H groups in total. The molecule has 0 saturated heterocycles. The molecule has 0 unspecified atom stereocenters. The van der Waals surface area contributed by atoms with Crippen LogP contribution in [-0.2, 0) is 9.47 Å². The second-order valence-electron chi connectivity index (χ2n) is 8.55. The number of ether oxygens (including phenoxy) is 4. The van der Waals surface area contributed by atoms with Crippen LogP contribution in [0.2, 0.25) is 0 Å². The predicted molar refractivity (Wildman–Crippen MR) is 146 cm³/mol. The van der Waals surface area contributed by atoms with Gasteiger partial charge in [-0.3, -0.25) is 9.59 Å². The van der Waals surface area contributed by atoms with Gasteiger partial charge in [0.05, 0.1) is 13.2 Å². The lowest BCUT2D eigenvalue weighted by molar-refractivity contribution is 0.0841. The molecule has 0 heterocycles. The summed E-state index contributed by atoms with van der Waals surface area (Å²) in [6.07, 6.45) is -0.889. The van der Waals surface area contributed by atoms with E-state index in [1.165, 1.54) is 24.3 Å². The molecule has 0 fully saturated rings. The fraction of sp³-hybridized carbons (Fsp3) is 0.125. The molecule has 40 heavy (non-hydrogen) atoms. The van der Waals surface area contributed by atoms with Crippen LogP contribution in [-0.4, -0.2) is 37.1 Å². The van der Waals surface area contributed by atoms with E-state index >= 15 is 0 Å². The summed E-state index contributed by atoms with van der Waals surface area (Å²) in [4.78, 5) is 48.7. The van der Waals surface area contributed by atoms with Gasteiger partial charge in [-0.1, -0.05) is 60.7 Å². The summed E-state index contributed by atoms with van der Waals surface area (Å²) in [5.74, 6) is 0.236. The highest BCUT2D eigenvalue weighted by Gasteiger charge is 2.12. The van der Waals surface area contributed by atoms with Gasteiger partial charge < -0.3 is 18.9 Å². The minimum Gasteiger partial charge on any atom is -0.434 e. The average molecular weight is 539 g/mol. The van der Waals surface area contributed by atoms with E-state index in [0.29, 0.717) is 35.1 Å². The molecule has 0 spiro atoms. The van der Waals surface area contributed by atoms with Crippen LogP contribution in [0.5, 0.6) is 11.5 Å². The Morgan fingerprint density at radius 2 is 0.750 bits per heavy atom. The van der Waals surface area contributed by atoms with Crippen LogP contribution in [0.3, 0.4) is 0 Å². The van der Waals surface area contributed by atoms with Crippen molar-refractivity contribution in [2.75, 3.05) is 13.2 Å². The Balaban J connectivity index is 1.09. The van der Waals surface area contributed by atoms with E-state index < -0.39 is 12.3 Å². The Kier molecular flexibility index (Phi) is 9.77. The number of hydrogen-bond acceptors (Lipinski definition) is 8.